The van der Waals surface area contributed by atoms with Gasteiger partial charge in [0.25, 0.3) is 0 Å². The van der Waals surface area contributed by atoms with Gasteiger partial charge in [0.05, 0.1) is 12.2 Å². The minimum Gasteiger partial charge on any atom is -0.396 e. The number of thiazole rings is 1. The molecule has 3 N–H and O–H groups in total. The van der Waals surface area contributed by atoms with Crippen LogP contribution in [0.25, 0.3) is 0 Å². The molecule has 7 heteroatoms. The SMILES string of the molecule is CCNC(=NCc1csc(N(C)C)n1)NCC(CC)(CC)CCO. The number of aliphatic imine (C=N–C) groups is 1. The molecule has 0 saturated carbocycles. The highest BCUT2D eigenvalue weighted by molar-refractivity contribution is 7.13. The molecule has 0 atom stereocenters. The summed E-state index contributed by atoms with van der Waals surface area (Å²) in [6, 6.07) is 0. The predicted molar refractivity (Wildman–Crippen MR) is 104 cm³/mol. The van der Waals surface area contributed by atoms with Gasteiger partial charge in [-0.05, 0) is 31.6 Å². The summed E-state index contributed by atoms with van der Waals surface area (Å²) in [5, 5.41) is 19.1. The number of hydrogen-bond donors (Lipinski definition) is 3. The zero-order chi connectivity index (χ0) is 18.0. The Morgan fingerprint density at radius 2 is 2.00 bits per heavy atom. The molecule has 0 saturated heterocycles. The first-order valence-electron chi connectivity index (χ1n) is 8.75. The number of hydrogen-bond acceptors (Lipinski definition) is 5. The van der Waals surface area contributed by atoms with Crippen molar-refractivity contribution in [1.82, 2.24) is 15.6 Å². The van der Waals surface area contributed by atoms with E-state index in [0.717, 1.165) is 49.1 Å². The number of aliphatic hydroxyl groups is 1. The van der Waals surface area contributed by atoms with Gasteiger partial charge in [0, 0.05) is 39.2 Å². The summed E-state index contributed by atoms with van der Waals surface area (Å²) in [6.45, 7) is 8.84. The third-order valence-electron chi connectivity index (χ3n) is 4.44. The molecule has 138 valence electrons. The molecular weight excluding hydrogens is 322 g/mol. The maximum absolute atomic E-state index is 9.35. The molecular formula is C17H33N5OS. The van der Waals surface area contributed by atoms with Crippen LogP contribution in [0, 0.1) is 5.41 Å². The third kappa shape index (κ3) is 6.28. The predicted octanol–water partition coefficient (Wildman–Crippen LogP) is 2.45. The van der Waals surface area contributed by atoms with Crippen LogP contribution in [0.5, 0.6) is 0 Å². The molecule has 0 aliphatic heterocycles. The van der Waals surface area contributed by atoms with E-state index < -0.39 is 0 Å². The van der Waals surface area contributed by atoms with E-state index in [1.165, 1.54) is 0 Å². The highest BCUT2D eigenvalue weighted by Crippen LogP contribution is 2.29. The molecule has 1 aromatic rings. The third-order valence-corrected chi connectivity index (χ3v) is 5.50. The summed E-state index contributed by atoms with van der Waals surface area (Å²) >= 11 is 1.63. The average Bonchev–Trinajstić information content (AvgIpc) is 3.05. The van der Waals surface area contributed by atoms with E-state index in [-0.39, 0.29) is 12.0 Å². The largest absolute Gasteiger partial charge is 0.396 e. The molecule has 0 bridgehead atoms. The number of guanidine groups is 1. The second-order valence-corrected chi connectivity index (χ2v) is 7.08. The second-order valence-electron chi connectivity index (χ2n) is 6.25. The van der Waals surface area contributed by atoms with Crippen molar-refractivity contribution in [1.29, 1.82) is 0 Å². The van der Waals surface area contributed by atoms with Crippen LogP contribution < -0.4 is 15.5 Å². The molecule has 0 amide bonds. The van der Waals surface area contributed by atoms with Crippen LogP contribution in [0.3, 0.4) is 0 Å². The lowest BCUT2D eigenvalue weighted by atomic mass is 9.79. The van der Waals surface area contributed by atoms with E-state index in [0.29, 0.717) is 6.54 Å². The fourth-order valence-corrected chi connectivity index (χ4v) is 3.28. The molecule has 1 aromatic heterocycles. The van der Waals surface area contributed by atoms with Gasteiger partial charge >= 0.3 is 0 Å². The van der Waals surface area contributed by atoms with Crippen LogP contribution in [0.15, 0.2) is 10.4 Å². The molecule has 0 spiro atoms. The van der Waals surface area contributed by atoms with E-state index in [9.17, 15) is 5.11 Å². The molecule has 0 unspecified atom stereocenters. The van der Waals surface area contributed by atoms with E-state index >= 15 is 0 Å². The van der Waals surface area contributed by atoms with Crippen LogP contribution in [0.2, 0.25) is 0 Å². The highest BCUT2D eigenvalue weighted by Gasteiger charge is 2.25. The van der Waals surface area contributed by atoms with Crippen LogP contribution >= 0.6 is 11.3 Å². The van der Waals surface area contributed by atoms with Gasteiger partial charge in [-0.25, -0.2) is 9.98 Å². The van der Waals surface area contributed by atoms with Gasteiger partial charge in [-0.1, -0.05) is 13.8 Å². The summed E-state index contributed by atoms with van der Waals surface area (Å²) in [5.41, 5.74) is 1.09. The van der Waals surface area contributed by atoms with E-state index in [2.05, 4.69) is 46.8 Å². The highest BCUT2D eigenvalue weighted by atomic mass is 32.1. The zero-order valence-corrected chi connectivity index (χ0v) is 16.5. The van der Waals surface area contributed by atoms with E-state index in [1.807, 2.05) is 19.0 Å². The van der Waals surface area contributed by atoms with Gasteiger partial charge < -0.3 is 20.6 Å². The Kier molecular flexibility index (Phi) is 9.07. The van der Waals surface area contributed by atoms with Crippen molar-refractivity contribution in [3.8, 4) is 0 Å². The monoisotopic (exact) mass is 355 g/mol. The molecule has 0 fully saturated rings. The smallest absolute Gasteiger partial charge is 0.191 e. The van der Waals surface area contributed by atoms with E-state index in [1.54, 1.807) is 11.3 Å². The van der Waals surface area contributed by atoms with Gasteiger partial charge in [0.1, 0.15) is 0 Å². The normalized spacial score (nSPS) is 12.3. The Hall–Kier alpha value is -1.34. The molecule has 6 nitrogen and oxygen atoms in total. The zero-order valence-electron chi connectivity index (χ0n) is 15.7. The molecule has 0 aliphatic carbocycles. The Labute approximate surface area is 150 Å². The lowest BCUT2D eigenvalue weighted by molar-refractivity contribution is 0.169. The summed E-state index contributed by atoms with van der Waals surface area (Å²) in [5.74, 6) is 0.807. The minimum atomic E-state index is 0.115. The maximum atomic E-state index is 9.35. The fourth-order valence-electron chi connectivity index (χ4n) is 2.53. The Balaban J connectivity index is 2.70. The summed E-state index contributed by atoms with van der Waals surface area (Å²) in [7, 11) is 3.99. The quantitative estimate of drug-likeness (QED) is 0.444. The number of aromatic nitrogens is 1. The molecule has 0 aliphatic rings. The maximum Gasteiger partial charge on any atom is 0.191 e. The van der Waals surface area contributed by atoms with Crippen LogP contribution in [0.1, 0.15) is 45.7 Å². The number of rotatable bonds is 10. The molecule has 1 rings (SSSR count). The molecule has 24 heavy (non-hydrogen) atoms. The summed E-state index contributed by atoms with van der Waals surface area (Å²) < 4.78 is 0. The van der Waals surface area contributed by atoms with E-state index in [4.69, 9.17) is 0 Å². The first-order valence-corrected chi connectivity index (χ1v) is 9.63. The van der Waals surface area contributed by atoms with Gasteiger partial charge in [-0.2, -0.15) is 0 Å². The van der Waals surface area contributed by atoms with Crippen molar-refractivity contribution < 1.29 is 5.11 Å². The van der Waals surface area contributed by atoms with Crippen molar-refractivity contribution in [2.24, 2.45) is 10.4 Å². The fraction of sp³-hybridized carbons (Fsp3) is 0.765. The van der Waals surface area contributed by atoms with Crippen molar-refractivity contribution >= 4 is 22.4 Å². The van der Waals surface area contributed by atoms with Crippen LogP contribution in [-0.2, 0) is 6.54 Å². The van der Waals surface area contributed by atoms with Crippen molar-refractivity contribution in [2.45, 2.75) is 46.6 Å². The first kappa shape index (κ1) is 20.7. The minimum absolute atomic E-state index is 0.115. The van der Waals surface area contributed by atoms with Gasteiger partial charge in [0.2, 0.25) is 0 Å². The van der Waals surface area contributed by atoms with Crippen molar-refractivity contribution in [3.05, 3.63) is 11.1 Å². The second kappa shape index (κ2) is 10.5. The summed E-state index contributed by atoms with van der Waals surface area (Å²) in [6.07, 6.45) is 2.88. The average molecular weight is 356 g/mol. The lowest BCUT2D eigenvalue weighted by Crippen LogP contribution is -2.43. The van der Waals surface area contributed by atoms with Gasteiger partial charge in [-0.15, -0.1) is 11.3 Å². The topological polar surface area (TPSA) is 72.8 Å². The van der Waals surface area contributed by atoms with Crippen molar-refractivity contribution in [2.75, 3.05) is 38.7 Å². The van der Waals surface area contributed by atoms with Crippen LogP contribution in [-0.4, -0.2) is 49.8 Å². The number of nitrogens with one attached hydrogen (secondary N) is 2. The molecule has 0 aromatic carbocycles. The van der Waals surface area contributed by atoms with Crippen LogP contribution in [0.4, 0.5) is 5.13 Å². The van der Waals surface area contributed by atoms with Gasteiger partial charge in [-0.3, -0.25) is 0 Å². The van der Waals surface area contributed by atoms with Crippen molar-refractivity contribution in [3.63, 3.8) is 0 Å². The number of anilines is 1. The Morgan fingerprint density at radius 1 is 1.29 bits per heavy atom. The molecule has 0 radical (unpaired) electrons. The number of nitrogens with zero attached hydrogens (tertiary/aromatic N) is 3. The molecule has 1 heterocycles. The number of aliphatic hydroxyl groups excluding tert-OH is 1. The summed E-state index contributed by atoms with van der Waals surface area (Å²) in [4.78, 5) is 11.2. The Bertz CT molecular complexity index is 497. The first-order chi connectivity index (χ1) is 11.5. The Morgan fingerprint density at radius 3 is 2.50 bits per heavy atom. The standard InChI is InChI=1S/C17H33N5OS/c1-6-17(7-2,9-10-23)13-20-15(18-8-3)19-11-14-12-24-16(21-14)22(4)5/h12,23H,6-11,13H2,1-5H3,(H2,18,19,20). The lowest BCUT2D eigenvalue weighted by Gasteiger charge is -2.32. The van der Waals surface area contributed by atoms with Gasteiger partial charge in [0.15, 0.2) is 11.1 Å².